The number of hydrogen-bond acceptors (Lipinski definition) is 6. The van der Waals surface area contributed by atoms with Crippen molar-refractivity contribution in [3.8, 4) is 11.5 Å². The maximum absolute atomic E-state index is 12.4. The third-order valence-corrected chi connectivity index (χ3v) is 4.99. The van der Waals surface area contributed by atoms with Gasteiger partial charge < -0.3 is 19.9 Å². The minimum Gasteiger partial charge on any atom is -0.494 e. The van der Waals surface area contributed by atoms with Crippen molar-refractivity contribution < 1.29 is 24.2 Å². The predicted molar refractivity (Wildman–Crippen MR) is 113 cm³/mol. The number of amides is 1. The fourth-order valence-electron chi connectivity index (χ4n) is 2.62. The molecule has 1 fully saturated rings. The summed E-state index contributed by atoms with van der Waals surface area (Å²) in [6.07, 6.45) is 1.03. The Bertz CT molecular complexity index is 987. The van der Waals surface area contributed by atoms with E-state index in [9.17, 15) is 14.7 Å². The van der Waals surface area contributed by atoms with Crippen LogP contribution in [-0.2, 0) is 9.59 Å². The molecule has 29 heavy (non-hydrogen) atoms. The molecule has 2 N–H and O–H groups in total. The fraction of sp³-hybridized carbons (Fsp3) is 0.190. The Kier molecular flexibility index (Phi) is 6.56. The maximum Gasteiger partial charge on any atom is 0.344 e. The second kappa shape index (κ2) is 9.29. The largest absolute Gasteiger partial charge is 0.494 e. The van der Waals surface area contributed by atoms with E-state index >= 15 is 0 Å². The van der Waals surface area contributed by atoms with E-state index in [4.69, 9.17) is 9.47 Å². The molecule has 1 aliphatic heterocycles. The lowest BCUT2D eigenvalue weighted by Gasteiger charge is -2.15. The van der Waals surface area contributed by atoms with Crippen molar-refractivity contribution in [2.45, 2.75) is 19.4 Å². The number of carbonyl (C=O) groups is 2. The molecule has 0 bridgehead atoms. The highest BCUT2D eigenvalue weighted by molar-refractivity contribution is 8.18. The molecular weight excluding hydrogens is 392 g/mol. The first-order valence-electron chi connectivity index (χ1n) is 8.93. The second-order valence-corrected chi connectivity index (χ2v) is 7.08. The van der Waals surface area contributed by atoms with Gasteiger partial charge in [0.15, 0.2) is 11.3 Å². The molecule has 3 rings (SSSR count). The summed E-state index contributed by atoms with van der Waals surface area (Å²) in [5.74, 6) is -0.319. The number of carbonyl (C=O) groups excluding carboxylic acids is 1. The smallest absolute Gasteiger partial charge is 0.344 e. The first-order valence-corrected chi connectivity index (χ1v) is 9.74. The lowest BCUT2D eigenvalue weighted by molar-refractivity contribution is -0.145. The summed E-state index contributed by atoms with van der Waals surface area (Å²) in [5, 5.41) is 12.4. The number of carboxylic acids is 1. The molecule has 1 unspecified atom stereocenters. The monoisotopic (exact) mass is 412 g/mol. The third-order valence-electron chi connectivity index (χ3n) is 4.08. The van der Waals surface area contributed by atoms with Crippen molar-refractivity contribution in [2.24, 2.45) is 4.99 Å². The van der Waals surface area contributed by atoms with Crippen LogP contribution >= 0.6 is 11.8 Å². The number of benzene rings is 2. The van der Waals surface area contributed by atoms with Crippen LogP contribution in [-0.4, -0.2) is 35.4 Å². The SMILES string of the molecule is CCC(Oc1ccccc1/C=C1/SC(=Nc2ccccc2OC)NC1=O)C(=O)O. The van der Waals surface area contributed by atoms with E-state index in [1.807, 2.05) is 12.1 Å². The number of aliphatic imine (C=N–C) groups is 1. The van der Waals surface area contributed by atoms with Gasteiger partial charge in [0.2, 0.25) is 0 Å². The lowest BCUT2D eigenvalue weighted by Crippen LogP contribution is -2.26. The molecular formula is C21H20N2O5S. The van der Waals surface area contributed by atoms with E-state index in [0.717, 1.165) is 0 Å². The van der Waals surface area contributed by atoms with Crippen molar-refractivity contribution in [2.75, 3.05) is 7.11 Å². The molecule has 0 spiro atoms. The number of para-hydroxylation sites is 3. The van der Waals surface area contributed by atoms with E-state index in [1.54, 1.807) is 56.5 Å². The number of rotatable bonds is 7. The molecule has 7 nitrogen and oxygen atoms in total. The molecule has 1 heterocycles. The van der Waals surface area contributed by atoms with Crippen LogP contribution in [0.2, 0.25) is 0 Å². The highest BCUT2D eigenvalue weighted by Gasteiger charge is 2.25. The Hall–Kier alpha value is -3.26. The molecule has 0 saturated carbocycles. The summed E-state index contributed by atoms with van der Waals surface area (Å²) in [6, 6.07) is 14.2. The van der Waals surface area contributed by atoms with Crippen LogP contribution in [0.4, 0.5) is 5.69 Å². The molecule has 0 aromatic heterocycles. The molecule has 2 aromatic rings. The van der Waals surface area contributed by atoms with Crippen molar-refractivity contribution in [3.63, 3.8) is 0 Å². The highest BCUT2D eigenvalue weighted by Crippen LogP contribution is 2.33. The number of ether oxygens (including phenoxy) is 2. The van der Waals surface area contributed by atoms with Crippen LogP contribution in [0.3, 0.4) is 0 Å². The number of amidine groups is 1. The van der Waals surface area contributed by atoms with Gasteiger partial charge in [0.05, 0.1) is 12.0 Å². The van der Waals surface area contributed by atoms with Gasteiger partial charge in [0.1, 0.15) is 17.2 Å². The van der Waals surface area contributed by atoms with Crippen molar-refractivity contribution in [1.29, 1.82) is 0 Å². The minimum absolute atomic E-state index is 0.288. The molecule has 150 valence electrons. The molecule has 0 radical (unpaired) electrons. The van der Waals surface area contributed by atoms with Crippen molar-refractivity contribution >= 4 is 40.6 Å². The number of nitrogens with one attached hydrogen (secondary N) is 1. The van der Waals surface area contributed by atoms with Gasteiger partial charge in [-0.25, -0.2) is 9.79 Å². The van der Waals surface area contributed by atoms with Crippen LogP contribution in [0.25, 0.3) is 6.08 Å². The number of aliphatic carboxylic acids is 1. The first-order chi connectivity index (χ1) is 14.0. The molecule has 1 saturated heterocycles. The average Bonchev–Trinajstić information content (AvgIpc) is 3.06. The average molecular weight is 412 g/mol. The molecule has 2 aromatic carbocycles. The van der Waals surface area contributed by atoms with Crippen LogP contribution in [0.15, 0.2) is 58.4 Å². The molecule has 1 amide bonds. The maximum atomic E-state index is 12.4. The summed E-state index contributed by atoms with van der Waals surface area (Å²) in [6.45, 7) is 1.74. The molecule has 1 aliphatic rings. The van der Waals surface area contributed by atoms with Gasteiger partial charge in [-0.05, 0) is 42.5 Å². The molecule has 0 aliphatic carbocycles. The topological polar surface area (TPSA) is 97.2 Å². The molecule has 1 atom stereocenters. The number of hydrogen-bond donors (Lipinski definition) is 2. The van der Waals surface area contributed by atoms with E-state index in [-0.39, 0.29) is 5.91 Å². The Morgan fingerprint density at radius 1 is 1.21 bits per heavy atom. The summed E-state index contributed by atoms with van der Waals surface area (Å²) in [4.78, 5) is 28.5. The zero-order chi connectivity index (χ0) is 20.8. The van der Waals surface area contributed by atoms with E-state index in [1.165, 1.54) is 11.8 Å². The quantitative estimate of drug-likeness (QED) is 0.671. The van der Waals surface area contributed by atoms with Crippen molar-refractivity contribution in [1.82, 2.24) is 5.32 Å². The summed E-state index contributed by atoms with van der Waals surface area (Å²) in [5.41, 5.74) is 1.22. The number of thioether (sulfide) groups is 1. The zero-order valence-electron chi connectivity index (χ0n) is 15.9. The van der Waals surface area contributed by atoms with Gasteiger partial charge >= 0.3 is 5.97 Å². The highest BCUT2D eigenvalue weighted by atomic mass is 32.2. The van der Waals surface area contributed by atoms with E-state index in [2.05, 4.69) is 10.3 Å². The Morgan fingerprint density at radius 2 is 1.90 bits per heavy atom. The van der Waals surface area contributed by atoms with Gasteiger partial charge in [-0.3, -0.25) is 4.79 Å². The normalized spacial score (nSPS) is 17.2. The number of nitrogens with zero attached hydrogens (tertiary/aromatic N) is 1. The van der Waals surface area contributed by atoms with Gasteiger partial charge in [0, 0.05) is 5.56 Å². The van der Waals surface area contributed by atoms with Crippen LogP contribution in [0.5, 0.6) is 11.5 Å². The number of carboxylic acid groups (broad SMARTS) is 1. The minimum atomic E-state index is -1.03. The molecule has 8 heteroatoms. The van der Waals surface area contributed by atoms with Gasteiger partial charge in [-0.15, -0.1) is 0 Å². The second-order valence-electron chi connectivity index (χ2n) is 6.04. The van der Waals surface area contributed by atoms with Gasteiger partial charge in [0.25, 0.3) is 5.91 Å². The third kappa shape index (κ3) is 4.97. The van der Waals surface area contributed by atoms with E-state index in [0.29, 0.717) is 39.2 Å². The Balaban J connectivity index is 1.86. The summed E-state index contributed by atoms with van der Waals surface area (Å²) >= 11 is 1.19. The Labute approximate surface area is 172 Å². The van der Waals surface area contributed by atoms with Crippen LogP contribution in [0, 0.1) is 0 Å². The Morgan fingerprint density at radius 3 is 2.59 bits per heavy atom. The van der Waals surface area contributed by atoms with Crippen LogP contribution in [0.1, 0.15) is 18.9 Å². The standard InChI is InChI=1S/C21H20N2O5S/c1-3-15(20(25)26)28-16-10-6-4-8-13(16)12-18-19(24)23-21(29-18)22-14-9-5-7-11-17(14)27-2/h4-12,15H,3H2,1-2H3,(H,25,26)(H,22,23,24)/b18-12+. The zero-order valence-corrected chi connectivity index (χ0v) is 16.7. The van der Waals surface area contributed by atoms with Gasteiger partial charge in [-0.2, -0.15) is 0 Å². The lowest BCUT2D eigenvalue weighted by atomic mass is 10.1. The number of methoxy groups -OCH3 is 1. The van der Waals surface area contributed by atoms with Crippen LogP contribution < -0.4 is 14.8 Å². The first kappa shape index (κ1) is 20.5. The summed E-state index contributed by atoms with van der Waals surface area (Å²) in [7, 11) is 1.56. The fourth-order valence-corrected chi connectivity index (χ4v) is 3.45. The predicted octanol–water partition coefficient (Wildman–Crippen LogP) is 3.83. The van der Waals surface area contributed by atoms with E-state index < -0.39 is 12.1 Å². The van der Waals surface area contributed by atoms with Crippen molar-refractivity contribution in [3.05, 3.63) is 59.0 Å². The summed E-state index contributed by atoms with van der Waals surface area (Å²) < 4.78 is 10.9. The van der Waals surface area contributed by atoms with Gasteiger partial charge in [-0.1, -0.05) is 37.3 Å².